The van der Waals surface area contributed by atoms with Gasteiger partial charge in [-0.25, -0.2) is 0 Å². The summed E-state index contributed by atoms with van der Waals surface area (Å²) in [5, 5.41) is 5.66. The molecule has 1 saturated heterocycles. The van der Waals surface area contributed by atoms with Gasteiger partial charge in [-0.05, 0) is 56.3 Å². The van der Waals surface area contributed by atoms with Gasteiger partial charge in [-0.3, -0.25) is 14.5 Å². The maximum atomic E-state index is 12.5. The van der Waals surface area contributed by atoms with Crippen molar-refractivity contribution in [3.63, 3.8) is 0 Å². The Balaban J connectivity index is 1.58. The highest BCUT2D eigenvalue weighted by atomic mass is 16.5. The van der Waals surface area contributed by atoms with Crippen molar-refractivity contribution in [3.8, 4) is 11.5 Å². The van der Waals surface area contributed by atoms with Gasteiger partial charge in [-0.2, -0.15) is 0 Å². The SMILES string of the molecule is COc1ccc(C(=O)NCC(=O)NCC(c2ccccc2OC)N2CCCCC2)cc1. The largest absolute Gasteiger partial charge is 0.497 e. The molecule has 0 aromatic heterocycles. The van der Waals surface area contributed by atoms with Crippen LogP contribution in [0.5, 0.6) is 11.5 Å². The zero-order valence-corrected chi connectivity index (χ0v) is 18.2. The minimum Gasteiger partial charge on any atom is -0.497 e. The number of likely N-dealkylation sites (tertiary alicyclic amines) is 1. The Morgan fingerprint density at radius 3 is 2.32 bits per heavy atom. The van der Waals surface area contributed by atoms with E-state index >= 15 is 0 Å². The van der Waals surface area contributed by atoms with Gasteiger partial charge in [0.05, 0.1) is 26.8 Å². The molecular weight excluding hydrogens is 394 g/mol. The quantitative estimate of drug-likeness (QED) is 0.646. The second-order valence-electron chi connectivity index (χ2n) is 7.57. The van der Waals surface area contributed by atoms with Crippen LogP contribution in [0.3, 0.4) is 0 Å². The number of amides is 2. The van der Waals surface area contributed by atoms with Crippen LogP contribution in [0, 0.1) is 0 Å². The van der Waals surface area contributed by atoms with E-state index in [0.717, 1.165) is 37.2 Å². The lowest BCUT2D eigenvalue weighted by atomic mass is 10.0. The first-order valence-electron chi connectivity index (χ1n) is 10.7. The lowest BCUT2D eigenvalue weighted by Crippen LogP contribution is -2.43. The molecule has 0 spiro atoms. The van der Waals surface area contributed by atoms with Gasteiger partial charge < -0.3 is 20.1 Å². The van der Waals surface area contributed by atoms with Crippen LogP contribution in [0.25, 0.3) is 0 Å². The molecule has 7 nitrogen and oxygen atoms in total. The van der Waals surface area contributed by atoms with Crippen molar-refractivity contribution in [1.82, 2.24) is 15.5 Å². The van der Waals surface area contributed by atoms with Crippen molar-refractivity contribution in [2.45, 2.75) is 25.3 Å². The molecule has 0 bridgehead atoms. The van der Waals surface area contributed by atoms with E-state index in [9.17, 15) is 9.59 Å². The fourth-order valence-electron chi connectivity index (χ4n) is 3.89. The molecule has 0 radical (unpaired) electrons. The maximum absolute atomic E-state index is 12.5. The van der Waals surface area contributed by atoms with Crippen LogP contribution in [0.15, 0.2) is 48.5 Å². The summed E-state index contributed by atoms with van der Waals surface area (Å²) in [7, 11) is 3.24. The molecule has 1 fully saturated rings. The van der Waals surface area contributed by atoms with Crippen molar-refractivity contribution in [2.75, 3.05) is 40.4 Å². The third-order valence-electron chi connectivity index (χ3n) is 5.58. The summed E-state index contributed by atoms with van der Waals surface area (Å²) in [6, 6.07) is 14.7. The maximum Gasteiger partial charge on any atom is 0.251 e. The zero-order chi connectivity index (χ0) is 22.1. The van der Waals surface area contributed by atoms with E-state index in [1.165, 1.54) is 6.42 Å². The number of nitrogens with one attached hydrogen (secondary N) is 2. The summed E-state index contributed by atoms with van der Waals surface area (Å²) < 4.78 is 10.7. The van der Waals surface area contributed by atoms with E-state index in [-0.39, 0.29) is 24.4 Å². The van der Waals surface area contributed by atoms with Crippen LogP contribution in [0.2, 0.25) is 0 Å². The van der Waals surface area contributed by atoms with E-state index in [1.54, 1.807) is 38.5 Å². The molecule has 2 amide bonds. The molecule has 1 aliphatic heterocycles. The molecule has 2 aromatic carbocycles. The topological polar surface area (TPSA) is 79.9 Å². The Labute approximate surface area is 183 Å². The average Bonchev–Trinajstić information content (AvgIpc) is 2.83. The molecule has 2 aromatic rings. The van der Waals surface area contributed by atoms with Crippen LogP contribution in [-0.4, -0.2) is 57.1 Å². The second-order valence-corrected chi connectivity index (χ2v) is 7.57. The Bertz CT molecular complexity index is 863. The molecule has 2 N–H and O–H groups in total. The third-order valence-corrected chi connectivity index (χ3v) is 5.58. The van der Waals surface area contributed by atoms with Gasteiger partial charge in [0.2, 0.25) is 5.91 Å². The molecular formula is C24H31N3O4. The van der Waals surface area contributed by atoms with E-state index in [4.69, 9.17) is 9.47 Å². The van der Waals surface area contributed by atoms with Crippen molar-refractivity contribution in [1.29, 1.82) is 0 Å². The lowest BCUT2D eigenvalue weighted by Gasteiger charge is -2.35. The first kappa shape index (κ1) is 22.6. The summed E-state index contributed by atoms with van der Waals surface area (Å²) >= 11 is 0. The van der Waals surface area contributed by atoms with Gasteiger partial charge in [0.25, 0.3) is 5.91 Å². The third kappa shape index (κ3) is 6.21. The van der Waals surface area contributed by atoms with Crippen LogP contribution < -0.4 is 20.1 Å². The van der Waals surface area contributed by atoms with Gasteiger partial charge in [0, 0.05) is 17.7 Å². The molecule has 1 heterocycles. The Morgan fingerprint density at radius 1 is 0.935 bits per heavy atom. The first-order chi connectivity index (χ1) is 15.1. The molecule has 31 heavy (non-hydrogen) atoms. The normalized spacial score (nSPS) is 15.0. The Kier molecular flexibility index (Phi) is 8.29. The van der Waals surface area contributed by atoms with Crippen molar-refractivity contribution < 1.29 is 19.1 Å². The van der Waals surface area contributed by atoms with E-state index in [2.05, 4.69) is 21.6 Å². The van der Waals surface area contributed by atoms with Gasteiger partial charge in [-0.15, -0.1) is 0 Å². The second kappa shape index (κ2) is 11.4. The number of carbonyl (C=O) groups is 2. The zero-order valence-electron chi connectivity index (χ0n) is 18.2. The highest BCUT2D eigenvalue weighted by molar-refractivity contribution is 5.96. The van der Waals surface area contributed by atoms with Gasteiger partial charge >= 0.3 is 0 Å². The van der Waals surface area contributed by atoms with E-state index < -0.39 is 0 Å². The average molecular weight is 426 g/mol. The summed E-state index contributed by atoms with van der Waals surface area (Å²) in [4.78, 5) is 27.1. The predicted molar refractivity (Wildman–Crippen MR) is 119 cm³/mol. The monoisotopic (exact) mass is 425 g/mol. The minimum atomic E-state index is -0.296. The number of ether oxygens (including phenoxy) is 2. The summed E-state index contributed by atoms with van der Waals surface area (Å²) in [5.41, 5.74) is 1.54. The number of benzene rings is 2. The molecule has 7 heteroatoms. The van der Waals surface area contributed by atoms with Gasteiger partial charge in [0.1, 0.15) is 11.5 Å². The smallest absolute Gasteiger partial charge is 0.251 e. The molecule has 1 unspecified atom stereocenters. The fourth-order valence-corrected chi connectivity index (χ4v) is 3.89. The number of carbonyl (C=O) groups excluding carboxylic acids is 2. The number of hydrogen-bond acceptors (Lipinski definition) is 5. The van der Waals surface area contributed by atoms with Crippen molar-refractivity contribution >= 4 is 11.8 Å². The molecule has 0 aliphatic carbocycles. The molecule has 1 aliphatic rings. The van der Waals surface area contributed by atoms with Gasteiger partial charge in [-0.1, -0.05) is 24.6 Å². The van der Waals surface area contributed by atoms with Crippen LogP contribution >= 0.6 is 0 Å². The number of piperidine rings is 1. The van der Waals surface area contributed by atoms with Gasteiger partial charge in [0.15, 0.2) is 0 Å². The minimum absolute atomic E-state index is 0.0256. The van der Waals surface area contributed by atoms with E-state index in [1.807, 2.05) is 18.2 Å². The number of nitrogens with zero attached hydrogens (tertiary/aromatic N) is 1. The summed E-state index contributed by atoms with van der Waals surface area (Å²) in [5.74, 6) is 0.975. The Morgan fingerprint density at radius 2 is 1.65 bits per heavy atom. The highest BCUT2D eigenvalue weighted by Gasteiger charge is 2.25. The number of para-hydroxylation sites is 1. The summed E-state index contributed by atoms with van der Waals surface area (Å²) in [6.07, 6.45) is 3.54. The highest BCUT2D eigenvalue weighted by Crippen LogP contribution is 2.30. The molecule has 3 rings (SSSR count). The first-order valence-corrected chi connectivity index (χ1v) is 10.7. The Hall–Kier alpha value is -3.06. The van der Waals surface area contributed by atoms with E-state index in [0.29, 0.717) is 17.9 Å². The lowest BCUT2D eigenvalue weighted by molar-refractivity contribution is -0.120. The number of hydrogen-bond donors (Lipinski definition) is 2. The predicted octanol–water partition coefficient (Wildman–Crippen LogP) is 2.78. The number of rotatable bonds is 9. The van der Waals surface area contributed by atoms with Crippen molar-refractivity contribution in [2.24, 2.45) is 0 Å². The van der Waals surface area contributed by atoms with Crippen LogP contribution in [0.1, 0.15) is 41.2 Å². The van der Waals surface area contributed by atoms with Crippen molar-refractivity contribution in [3.05, 3.63) is 59.7 Å². The molecule has 1 atom stereocenters. The summed E-state index contributed by atoms with van der Waals surface area (Å²) in [6.45, 7) is 2.36. The van der Waals surface area contributed by atoms with Crippen LogP contribution in [0.4, 0.5) is 0 Å². The fraction of sp³-hybridized carbons (Fsp3) is 0.417. The van der Waals surface area contributed by atoms with Crippen LogP contribution in [-0.2, 0) is 4.79 Å². The number of methoxy groups -OCH3 is 2. The molecule has 166 valence electrons. The standard InChI is InChI=1S/C24H31N3O4/c1-30-19-12-10-18(11-13-19)24(29)26-17-23(28)25-16-21(27-14-6-3-7-15-27)20-8-4-5-9-22(20)31-2/h4-5,8-13,21H,3,6-7,14-17H2,1-2H3,(H,25,28)(H,26,29). The molecule has 0 saturated carbocycles.